The number of carbonyl (C=O) groups is 1. The summed E-state index contributed by atoms with van der Waals surface area (Å²) in [6, 6.07) is 7.10. The second-order valence-corrected chi connectivity index (χ2v) is 4.98. The molecule has 2 aromatic rings. The van der Waals surface area contributed by atoms with Crippen LogP contribution in [0.2, 0.25) is 0 Å². The minimum absolute atomic E-state index is 0.0884. The molecule has 0 fully saturated rings. The van der Waals surface area contributed by atoms with Crippen molar-refractivity contribution in [1.82, 2.24) is 0 Å². The first kappa shape index (κ1) is 14.1. The molecule has 2 aromatic carbocycles. The van der Waals surface area contributed by atoms with Gasteiger partial charge in [0, 0.05) is 0 Å². The molecule has 0 bridgehead atoms. The number of aromatic hydroxyl groups is 3. The first-order valence-corrected chi connectivity index (χ1v) is 6.63. The SMILES string of the molecule is COc1c(O)ccc2c1O[C@@H](c1ccc(O)c(O)c1)CC2=O. The smallest absolute Gasteiger partial charge is 0.203 e. The number of methoxy groups -OCH3 is 1. The highest BCUT2D eigenvalue weighted by Crippen LogP contribution is 2.46. The summed E-state index contributed by atoms with van der Waals surface area (Å²) < 4.78 is 10.9. The Morgan fingerprint density at radius 2 is 1.82 bits per heavy atom. The zero-order chi connectivity index (χ0) is 15.9. The minimum Gasteiger partial charge on any atom is -0.504 e. The molecule has 0 unspecified atom stereocenters. The lowest BCUT2D eigenvalue weighted by molar-refractivity contribution is 0.0841. The van der Waals surface area contributed by atoms with Gasteiger partial charge in [-0.25, -0.2) is 0 Å². The average molecular weight is 302 g/mol. The Morgan fingerprint density at radius 1 is 1.09 bits per heavy atom. The van der Waals surface area contributed by atoms with E-state index in [9.17, 15) is 20.1 Å². The van der Waals surface area contributed by atoms with E-state index in [4.69, 9.17) is 9.47 Å². The van der Waals surface area contributed by atoms with Crippen LogP contribution in [0.5, 0.6) is 28.7 Å². The Bertz CT molecular complexity index is 753. The van der Waals surface area contributed by atoms with Gasteiger partial charge < -0.3 is 24.8 Å². The molecular formula is C16H14O6. The molecule has 114 valence electrons. The van der Waals surface area contributed by atoms with E-state index in [0.29, 0.717) is 11.1 Å². The molecular weight excluding hydrogens is 288 g/mol. The second kappa shape index (κ2) is 5.14. The Balaban J connectivity index is 2.04. The van der Waals surface area contributed by atoms with Gasteiger partial charge >= 0.3 is 0 Å². The van der Waals surface area contributed by atoms with Crippen molar-refractivity contribution in [2.75, 3.05) is 7.11 Å². The number of phenols is 3. The molecule has 1 aliphatic heterocycles. The van der Waals surface area contributed by atoms with Crippen molar-refractivity contribution in [3.05, 3.63) is 41.5 Å². The van der Waals surface area contributed by atoms with Gasteiger partial charge in [0.2, 0.25) is 5.75 Å². The van der Waals surface area contributed by atoms with E-state index in [1.807, 2.05) is 0 Å². The second-order valence-electron chi connectivity index (χ2n) is 4.98. The van der Waals surface area contributed by atoms with Gasteiger partial charge in [-0.2, -0.15) is 0 Å². The Labute approximate surface area is 126 Å². The predicted molar refractivity (Wildman–Crippen MR) is 76.7 cm³/mol. The highest BCUT2D eigenvalue weighted by molar-refractivity contribution is 6.01. The van der Waals surface area contributed by atoms with Gasteiger partial charge in [-0.3, -0.25) is 4.79 Å². The van der Waals surface area contributed by atoms with Crippen LogP contribution in [0.3, 0.4) is 0 Å². The molecule has 0 spiro atoms. The van der Waals surface area contributed by atoms with E-state index in [1.54, 1.807) is 6.07 Å². The first-order valence-electron chi connectivity index (χ1n) is 6.63. The molecule has 22 heavy (non-hydrogen) atoms. The third-order valence-electron chi connectivity index (χ3n) is 3.60. The highest BCUT2D eigenvalue weighted by Gasteiger charge is 2.31. The van der Waals surface area contributed by atoms with Crippen molar-refractivity contribution >= 4 is 5.78 Å². The number of fused-ring (bicyclic) bond motifs is 1. The van der Waals surface area contributed by atoms with E-state index in [-0.39, 0.29) is 41.0 Å². The number of Topliss-reactive ketones (excluding diaryl/α,β-unsaturated/α-hetero) is 1. The maximum atomic E-state index is 12.3. The average Bonchev–Trinajstić information content (AvgIpc) is 2.49. The Morgan fingerprint density at radius 3 is 2.50 bits per heavy atom. The zero-order valence-corrected chi connectivity index (χ0v) is 11.7. The van der Waals surface area contributed by atoms with E-state index < -0.39 is 6.10 Å². The van der Waals surface area contributed by atoms with Crippen LogP contribution in [0.1, 0.15) is 28.4 Å². The number of phenolic OH excluding ortho intramolecular Hbond substituents is 3. The zero-order valence-electron chi connectivity index (χ0n) is 11.7. The molecule has 3 rings (SSSR count). The number of hydrogen-bond acceptors (Lipinski definition) is 6. The summed E-state index contributed by atoms with van der Waals surface area (Å²) in [5.41, 5.74) is 0.883. The van der Waals surface area contributed by atoms with Crippen molar-refractivity contribution in [3.63, 3.8) is 0 Å². The van der Waals surface area contributed by atoms with Gasteiger partial charge in [0.05, 0.1) is 19.1 Å². The molecule has 0 radical (unpaired) electrons. The summed E-state index contributed by atoms with van der Waals surface area (Å²) in [7, 11) is 1.37. The molecule has 6 heteroatoms. The standard InChI is InChI=1S/C16H14O6/c1-21-16-11(18)5-3-9-12(19)7-14(22-15(9)16)8-2-4-10(17)13(20)6-8/h2-6,14,17-18,20H,7H2,1H3/t14-/m1/s1. The summed E-state index contributed by atoms with van der Waals surface area (Å²) in [6.07, 6.45) is -0.548. The molecule has 1 aliphatic rings. The van der Waals surface area contributed by atoms with Gasteiger partial charge in [0.15, 0.2) is 28.8 Å². The lowest BCUT2D eigenvalue weighted by atomic mass is 9.95. The van der Waals surface area contributed by atoms with Crippen LogP contribution in [0, 0.1) is 0 Å². The van der Waals surface area contributed by atoms with Crippen molar-refractivity contribution in [3.8, 4) is 28.7 Å². The minimum atomic E-state index is -0.637. The van der Waals surface area contributed by atoms with Crippen LogP contribution < -0.4 is 9.47 Å². The fourth-order valence-corrected chi connectivity index (χ4v) is 2.48. The van der Waals surface area contributed by atoms with Crippen LogP contribution in [-0.2, 0) is 0 Å². The number of benzene rings is 2. The maximum Gasteiger partial charge on any atom is 0.203 e. The van der Waals surface area contributed by atoms with E-state index >= 15 is 0 Å². The van der Waals surface area contributed by atoms with Crippen LogP contribution in [0.15, 0.2) is 30.3 Å². The topological polar surface area (TPSA) is 96.2 Å². The number of carbonyl (C=O) groups excluding carboxylic acids is 1. The third-order valence-corrected chi connectivity index (χ3v) is 3.60. The fraction of sp³-hybridized carbons (Fsp3) is 0.188. The van der Waals surface area contributed by atoms with Crippen molar-refractivity contribution in [2.24, 2.45) is 0 Å². The van der Waals surface area contributed by atoms with Crippen LogP contribution in [0.4, 0.5) is 0 Å². The molecule has 0 aromatic heterocycles. The van der Waals surface area contributed by atoms with Gasteiger partial charge in [0.1, 0.15) is 6.10 Å². The number of ketones is 1. The van der Waals surface area contributed by atoms with Gasteiger partial charge in [-0.15, -0.1) is 0 Å². The normalized spacial score (nSPS) is 16.8. The van der Waals surface area contributed by atoms with Crippen LogP contribution in [-0.4, -0.2) is 28.2 Å². The highest BCUT2D eigenvalue weighted by atomic mass is 16.5. The lowest BCUT2D eigenvalue weighted by Crippen LogP contribution is -2.20. The monoisotopic (exact) mass is 302 g/mol. The molecule has 0 saturated heterocycles. The quantitative estimate of drug-likeness (QED) is 0.738. The summed E-state index contributed by atoms with van der Waals surface area (Å²) in [6.45, 7) is 0. The molecule has 1 heterocycles. The molecule has 0 aliphatic carbocycles. The van der Waals surface area contributed by atoms with Crippen molar-refractivity contribution < 1.29 is 29.6 Å². The van der Waals surface area contributed by atoms with Crippen molar-refractivity contribution in [2.45, 2.75) is 12.5 Å². The summed E-state index contributed by atoms with van der Waals surface area (Å²) >= 11 is 0. The molecule has 1 atom stereocenters. The fourth-order valence-electron chi connectivity index (χ4n) is 2.48. The maximum absolute atomic E-state index is 12.3. The number of hydrogen-bond donors (Lipinski definition) is 3. The van der Waals surface area contributed by atoms with Gasteiger partial charge in [-0.05, 0) is 29.8 Å². The van der Waals surface area contributed by atoms with Crippen LogP contribution in [0.25, 0.3) is 0 Å². The lowest BCUT2D eigenvalue weighted by Gasteiger charge is -2.27. The first-order chi connectivity index (χ1) is 10.5. The molecule has 6 nitrogen and oxygen atoms in total. The summed E-state index contributed by atoms with van der Waals surface area (Å²) in [4.78, 5) is 12.3. The number of ether oxygens (including phenoxy) is 2. The number of rotatable bonds is 2. The van der Waals surface area contributed by atoms with Crippen molar-refractivity contribution in [1.29, 1.82) is 0 Å². The third kappa shape index (κ3) is 2.18. The summed E-state index contributed by atoms with van der Waals surface area (Å²) in [5.74, 6) is -0.543. The largest absolute Gasteiger partial charge is 0.504 e. The van der Waals surface area contributed by atoms with E-state index in [0.717, 1.165) is 0 Å². The van der Waals surface area contributed by atoms with Crippen LogP contribution >= 0.6 is 0 Å². The molecule has 3 N–H and O–H groups in total. The van der Waals surface area contributed by atoms with E-state index in [2.05, 4.69) is 0 Å². The van der Waals surface area contributed by atoms with Gasteiger partial charge in [-0.1, -0.05) is 6.07 Å². The summed E-state index contributed by atoms with van der Waals surface area (Å²) in [5, 5.41) is 28.7. The Kier molecular flexibility index (Phi) is 3.29. The molecule has 0 amide bonds. The Hall–Kier alpha value is -2.89. The predicted octanol–water partition coefficient (Wildman–Crippen LogP) is 2.52. The molecule has 0 saturated carbocycles. The van der Waals surface area contributed by atoms with E-state index in [1.165, 1.54) is 31.4 Å². The van der Waals surface area contributed by atoms with Gasteiger partial charge in [0.25, 0.3) is 0 Å².